The zero-order chi connectivity index (χ0) is 16.6. The third-order valence-electron chi connectivity index (χ3n) is 3.72. The van der Waals surface area contributed by atoms with Crippen LogP contribution in [0.5, 0.6) is 0 Å². The lowest BCUT2D eigenvalue weighted by Gasteiger charge is -2.12. The number of amides is 1. The molecule has 1 atom stereocenters. The molecule has 3 rings (SSSR count). The molecule has 1 aromatic carbocycles. The maximum atomic E-state index is 12.3. The highest BCUT2D eigenvalue weighted by atomic mass is 32.1. The lowest BCUT2D eigenvalue weighted by Crippen LogP contribution is -2.25. The summed E-state index contributed by atoms with van der Waals surface area (Å²) < 4.78 is 6.41. The zero-order valence-corrected chi connectivity index (χ0v) is 14.5. The Labute approximate surface area is 139 Å². The minimum atomic E-state index is -0.238. The van der Waals surface area contributed by atoms with Crippen LogP contribution in [-0.4, -0.2) is 11.1 Å². The largest absolute Gasteiger partial charge is 0.351 e. The number of rotatable bonds is 3. The second kappa shape index (κ2) is 5.81. The number of carbonyl (C=O) groups excluding carboxylic acids is 1. The smallest absolute Gasteiger partial charge is 0.290 e. The molecule has 0 aliphatic carbocycles. The van der Waals surface area contributed by atoms with E-state index in [4.69, 9.17) is 4.52 Å². The predicted octanol–water partition coefficient (Wildman–Crippen LogP) is 4.68. The van der Waals surface area contributed by atoms with Crippen LogP contribution in [0.4, 0.5) is 0 Å². The summed E-state index contributed by atoms with van der Waals surface area (Å²) in [7, 11) is 0. The molecule has 3 aromatic rings. The van der Waals surface area contributed by atoms with E-state index in [9.17, 15) is 4.79 Å². The summed E-state index contributed by atoms with van der Waals surface area (Å²) in [5.41, 5.74) is 0.635. The highest BCUT2D eigenvalue weighted by Gasteiger charge is 2.23. The predicted molar refractivity (Wildman–Crippen MR) is 92.9 cm³/mol. The van der Waals surface area contributed by atoms with Crippen LogP contribution in [-0.2, 0) is 5.41 Å². The molecule has 1 amide bonds. The van der Waals surface area contributed by atoms with Gasteiger partial charge in [0.05, 0.1) is 11.7 Å². The van der Waals surface area contributed by atoms with E-state index in [0.29, 0.717) is 0 Å². The van der Waals surface area contributed by atoms with Gasteiger partial charge in [0.1, 0.15) is 0 Å². The Morgan fingerprint density at radius 2 is 2.00 bits per heavy atom. The summed E-state index contributed by atoms with van der Waals surface area (Å²) in [5, 5.41) is 8.16. The van der Waals surface area contributed by atoms with Crippen molar-refractivity contribution in [2.24, 2.45) is 0 Å². The van der Waals surface area contributed by atoms with E-state index in [-0.39, 0.29) is 23.1 Å². The molecule has 120 valence electrons. The number of hydrogen-bond donors (Lipinski definition) is 1. The summed E-state index contributed by atoms with van der Waals surface area (Å²) in [6, 6.07) is 12.0. The first kappa shape index (κ1) is 15.7. The van der Waals surface area contributed by atoms with Gasteiger partial charge in [-0.1, -0.05) is 44.1 Å². The number of fused-ring (bicyclic) bond motifs is 1. The minimum Gasteiger partial charge on any atom is -0.351 e. The van der Waals surface area contributed by atoms with Crippen molar-refractivity contribution >= 4 is 27.3 Å². The summed E-state index contributed by atoms with van der Waals surface area (Å²) in [4.78, 5) is 13.5. The zero-order valence-electron chi connectivity index (χ0n) is 13.7. The summed E-state index contributed by atoms with van der Waals surface area (Å²) in [6.45, 7) is 8.08. The lowest BCUT2D eigenvalue weighted by atomic mass is 9.92. The molecule has 0 saturated carbocycles. The van der Waals surface area contributed by atoms with Crippen molar-refractivity contribution in [1.29, 1.82) is 0 Å². The summed E-state index contributed by atoms with van der Waals surface area (Å²) >= 11 is 1.69. The normalized spacial score (nSPS) is 13.2. The average Bonchev–Trinajstić information content (AvgIpc) is 3.13. The molecule has 2 heterocycles. The van der Waals surface area contributed by atoms with Crippen molar-refractivity contribution in [3.8, 4) is 0 Å². The standard InChI is InChI=1S/C18H20N2O2S/c1-11(15-9-12-7-5-6-8-14(12)23-15)19-17(21)13-10-16(20-22-13)18(2,3)4/h5-11H,1-4H3,(H,19,21)/t11-/m1/s1. The van der Waals surface area contributed by atoms with Gasteiger partial charge in [0.25, 0.3) is 5.91 Å². The third kappa shape index (κ3) is 3.29. The van der Waals surface area contributed by atoms with Gasteiger partial charge in [0.15, 0.2) is 0 Å². The van der Waals surface area contributed by atoms with Crippen molar-refractivity contribution < 1.29 is 9.32 Å². The van der Waals surface area contributed by atoms with E-state index in [1.54, 1.807) is 17.4 Å². The fourth-order valence-electron chi connectivity index (χ4n) is 2.29. The van der Waals surface area contributed by atoms with E-state index in [1.165, 1.54) is 10.1 Å². The van der Waals surface area contributed by atoms with Crippen molar-refractivity contribution in [2.45, 2.75) is 39.2 Å². The van der Waals surface area contributed by atoms with Crippen LogP contribution in [0, 0.1) is 0 Å². The van der Waals surface area contributed by atoms with Crippen LogP contribution in [0.2, 0.25) is 0 Å². The molecule has 23 heavy (non-hydrogen) atoms. The van der Waals surface area contributed by atoms with E-state index >= 15 is 0 Å². The van der Waals surface area contributed by atoms with Crippen LogP contribution in [0.25, 0.3) is 10.1 Å². The number of benzene rings is 1. The lowest BCUT2D eigenvalue weighted by molar-refractivity contribution is 0.0903. The van der Waals surface area contributed by atoms with E-state index in [1.807, 2.05) is 39.8 Å². The second-order valence-corrected chi connectivity index (χ2v) is 7.82. The van der Waals surface area contributed by atoms with Crippen molar-refractivity contribution in [3.05, 3.63) is 52.7 Å². The first-order chi connectivity index (χ1) is 10.8. The molecule has 5 heteroatoms. The van der Waals surface area contributed by atoms with Gasteiger partial charge in [0.2, 0.25) is 5.76 Å². The van der Waals surface area contributed by atoms with Gasteiger partial charge in [-0.15, -0.1) is 11.3 Å². The van der Waals surface area contributed by atoms with Gasteiger partial charge in [-0.25, -0.2) is 0 Å². The van der Waals surface area contributed by atoms with Crippen LogP contribution < -0.4 is 5.32 Å². The van der Waals surface area contributed by atoms with Gasteiger partial charge in [-0.2, -0.15) is 0 Å². The molecule has 0 radical (unpaired) electrons. The molecule has 0 saturated heterocycles. The Bertz CT molecular complexity index is 809. The summed E-state index contributed by atoms with van der Waals surface area (Å²) in [5.74, 6) is 0.0147. The maximum absolute atomic E-state index is 12.3. The summed E-state index contributed by atoms with van der Waals surface area (Å²) in [6.07, 6.45) is 0. The molecule has 1 N–H and O–H groups in total. The molecule has 0 spiro atoms. The Kier molecular flexibility index (Phi) is 3.98. The Hall–Kier alpha value is -2.14. The van der Waals surface area contributed by atoms with Gasteiger partial charge in [-0.3, -0.25) is 4.79 Å². The van der Waals surface area contributed by atoms with E-state index in [2.05, 4.69) is 28.7 Å². The molecular formula is C18H20N2O2S. The second-order valence-electron chi connectivity index (χ2n) is 6.71. The first-order valence-corrected chi connectivity index (χ1v) is 8.43. The fourth-order valence-corrected chi connectivity index (χ4v) is 3.36. The molecule has 0 fully saturated rings. The SMILES string of the molecule is C[C@@H](NC(=O)c1cc(C(C)(C)C)no1)c1cc2ccccc2s1. The molecule has 4 nitrogen and oxygen atoms in total. The number of nitrogens with one attached hydrogen (secondary N) is 1. The van der Waals surface area contributed by atoms with Gasteiger partial charge in [0, 0.05) is 21.1 Å². The van der Waals surface area contributed by atoms with Crippen molar-refractivity contribution in [2.75, 3.05) is 0 Å². The Balaban J connectivity index is 1.75. The van der Waals surface area contributed by atoms with Crippen molar-refractivity contribution in [3.63, 3.8) is 0 Å². The number of carbonyl (C=O) groups is 1. The number of thiophene rings is 1. The molecule has 0 aliphatic rings. The van der Waals surface area contributed by atoms with Crippen LogP contribution in [0.1, 0.15) is 54.9 Å². The highest BCUT2D eigenvalue weighted by Crippen LogP contribution is 2.30. The molecule has 0 aliphatic heterocycles. The first-order valence-electron chi connectivity index (χ1n) is 7.61. The molecule has 2 aromatic heterocycles. The monoisotopic (exact) mass is 328 g/mol. The topological polar surface area (TPSA) is 55.1 Å². The Morgan fingerprint density at radius 3 is 2.65 bits per heavy atom. The Morgan fingerprint density at radius 1 is 1.26 bits per heavy atom. The molecule has 0 unspecified atom stereocenters. The number of nitrogens with zero attached hydrogens (tertiary/aromatic N) is 1. The van der Waals surface area contributed by atoms with Crippen molar-refractivity contribution in [1.82, 2.24) is 10.5 Å². The number of hydrogen-bond acceptors (Lipinski definition) is 4. The molecular weight excluding hydrogens is 308 g/mol. The van der Waals surface area contributed by atoms with Gasteiger partial charge < -0.3 is 9.84 Å². The van der Waals surface area contributed by atoms with E-state index in [0.717, 1.165) is 10.6 Å². The van der Waals surface area contributed by atoms with Gasteiger partial charge >= 0.3 is 0 Å². The quantitative estimate of drug-likeness (QED) is 0.759. The highest BCUT2D eigenvalue weighted by molar-refractivity contribution is 7.19. The van der Waals surface area contributed by atoms with E-state index < -0.39 is 0 Å². The van der Waals surface area contributed by atoms with Crippen LogP contribution in [0.15, 0.2) is 40.9 Å². The average molecular weight is 328 g/mol. The number of aromatic nitrogens is 1. The molecule has 0 bridgehead atoms. The van der Waals surface area contributed by atoms with Crippen LogP contribution >= 0.6 is 11.3 Å². The van der Waals surface area contributed by atoms with Gasteiger partial charge in [-0.05, 0) is 24.4 Å². The van der Waals surface area contributed by atoms with Crippen LogP contribution in [0.3, 0.4) is 0 Å². The third-order valence-corrected chi connectivity index (χ3v) is 5.02. The fraction of sp³-hybridized carbons (Fsp3) is 0.333. The maximum Gasteiger partial charge on any atom is 0.290 e. The minimum absolute atomic E-state index is 0.0805.